The Morgan fingerprint density at radius 2 is 2.00 bits per heavy atom. The zero-order chi connectivity index (χ0) is 18.5. The van der Waals surface area contributed by atoms with Gasteiger partial charge in [-0.1, -0.05) is 11.6 Å². The second-order valence-electron chi connectivity index (χ2n) is 5.92. The fourth-order valence-corrected chi connectivity index (χ4v) is 2.95. The predicted molar refractivity (Wildman–Crippen MR) is 97.3 cm³/mol. The van der Waals surface area contributed by atoms with Crippen LogP contribution in [0.2, 0.25) is 5.02 Å². The van der Waals surface area contributed by atoms with E-state index in [-0.39, 0.29) is 17.2 Å². The van der Waals surface area contributed by atoms with Gasteiger partial charge in [-0.05, 0) is 31.0 Å². The molecule has 1 aliphatic rings. The molecule has 2 N–H and O–H groups in total. The van der Waals surface area contributed by atoms with Gasteiger partial charge in [0.25, 0.3) is 0 Å². The minimum atomic E-state index is -0.472. The van der Waals surface area contributed by atoms with Crippen molar-refractivity contribution in [2.24, 2.45) is 0 Å². The highest BCUT2D eigenvalue weighted by Gasteiger charge is 2.23. The third-order valence-electron chi connectivity index (χ3n) is 4.14. The molecule has 2 aromatic rings. The number of carbonyl (C=O) groups excluding carboxylic acids is 1. The maximum Gasteiger partial charge on any atom is 0.409 e. The van der Waals surface area contributed by atoms with Crippen LogP contribution in [0.25, 0.3) is 0 Å². The maximum atomic E-state index is 13.2. The van der Waals surface area contributed by atoms with E-state index in [0.29, 0.717) is 30.4 Å². The first-order valence-electron chi connectivity index (χ1n) is 8.18. The number of ether oxygens (including phenoxy) is 1. The molecular weight excluding hydrogens is 361 g/mol. The third-order valence-corrected chi connectivity index (χ3v) is 4.43. The predicted octanol–water partition coefficient (Wildman–Crippen LogP) is 3.66. The standard InChI is InChI=1S/C17H19ClFN5O2/c1-26-17(25)24-6-4-11(5-7-24)22-15-9-16(21-10-20-15)23-12-2-3-14(19)13(18)8-12/h2-3,8-11H,4-7H2,1H3,(H2,20,21,22,23). The highest BCUT2D eigenvalue weighted by atomic mass is 35.5. The van der Waals surface area contributed by atoms with Gasteiger partial charge in [-0.25, -0.2) is 19.2 Å². The molecule has 1 aromatic heterocycles. The Labute approximate surface area is 155 Å². The number of halogens is 2. The van der Waals surface area contributed by atoms with Gasteiger partial charge in [-0.15, -0.1) is 0 Å². The molecule has 3 rings (SSSR count). The van der Waals surface area contributed by atoms with Crippen molar-refractivity contribution in [3.8, 4) is 0 Å². The Bertz CT molecular complexity index is 783. The number of carbonyl (C=O) groups is 1. The smallest absolute Gasteiger partial charge is 0.409 e. The molecule has 7 nitrogen and oxygen atoms in total. The minimum absolute atomic E-state index is 0.0415. The molecular formula is C17H19ClFN5O2. The lowest BCUT2D eigenvalue weighted by atomic mass is 10.1. The van der Waals surface area contributed by atoms with Gasteiger partial charge in [0.2, 0.25) is 0 Å². The zero-order valence-electron chi connectivity index (χ0n) is 14.2. The highest BCUT2D eigenvalue weighted by Crippen LogP contribution is 2.23. The van der Waals surface area contributed by atoms with Crippen LogP contribution in [0.4, 0.5) is 26.5 Å². The number of nitrogens with zero attached hydrogens (tertiary/aromatic N) is 3. The molecule has 0 spiro atoms. The van der Waals surface area contributed by atoms with Crippen LogP contribution in [0.15, 0.2) is 30.6 Å². The van der Waals surface area contributed by atoms with Gasteiger partial charge >= 0.3 is 6.09 Å². The molecule has 0 bridgehead atoms. The first-order valence-corrected chi connectivity index (χ1v) is 8.56. The molecule has 1 aliphatic heterocycles. The summed E-state index contributed by atoms with van der Waals surface area (Å²) in [6.45, 7) is 1.27. The van der Waals surface area contributed by atoms with Crippen molar-refractivity contribution >= 4 is 35.0 Å². The van der Waals surface area contributed by atoms with Gasteiger partial charge in [0.15, 0.2) is 0 Å². The SMILES string of the molecule is COC(=O)N1CCC(Nc2cc(Nc3ccc(F)c(Cl)c3)ncn2)CC1. The lowest BCUT2D eigenvalue weighted by Gasteiger charge is -2.31. The monoisotopic (exact) mass is 379 g/mol. The van der Waals surface area contributed by atoms with Crippen molar-refractivity contribution in [1.82, 2.24) is 14.9 Å². The van der Waals surface area contributed by atoms with Crippen LogP contribution in [0.3, 0.4) is 0 Å². The van der Waals surface area contributed by atoms with E-state index >= 15 is 0 Å². The molecule has 1 aromatic carbocycles. The average Bonchev–Trinajstić information content (AvgIpc) is 2.65. The summed E-state index contributed by atoms with van der Waals surface area (Å²) in [4.78, 5) is 21.6. The molecule has 1 amide bonds. The first kappa shape index (κ1) is 18.2. The van der Waals surface area contributed by atoms with Crippen LogP contribution in [-0.4, -0.2) is 47.2 Å². The summed E-state index contributed by atoms with van der Waals surface area (Å²) in [5.74, 6) is 0.768. The normalized spacial score (nSPS) is 14.8. The quantitative estimate of drug-likeness (QED) is 0.844. The number of hydrogen-bond acceptors (Lipinski definition) is 6. The summed E-state index contributed by atoms with van der Waals surface area (Å²) < 4.78 is 18.0. The number of methoxy groups -OCH3 is 1. The van der Waals surface area contributed by atoms with Crippen LogP contribution >= 0.6 is 11.6 Å². The van der Waals surface area contributed by atoms with Crippen LogP contribution in [0.5, 0.6) is 0 Å². The average molecular weight is 380 g/mol. The lowest BCUT2D eigenvalue weighted by molar-refractivity contribution is 0.113. The Kier molecular flexibility index (Phi) is 5.72. The fourth-order valence-electron chi connectivity index (χ4n) is 2.77. The fraction of sp³-hybridized carbons (Fsp3) is 0.353. The van der Waals surface area contributed by atoms with E-state index in [0.717, 1.165) is 12.8 Å². The molecule has 0 saturated carbocycles. The van der Waals surface area contributed by atoms with Crippen molar-refractivity contribution in [3.05, 3.63) is 41.4 Å². The Balaban J connectivity index is 1.59. The summed E-state index contributed by atoms with van der Waals surface area (Å²) in [6.07, 6.45) is 2.75. The summed E-state index contributed by atoms with van der Waals surface area (Å²) in [5.41, 5.74) is 0.632. The summed E-state index contributed by atoms with van der Waals surface area (Å²) >= 11 is 5.79. The molecule has 2 heterocycles. The second-order valence-corrected chi connectivity index (χ2v) is 6.33. The van der Waals surface area contributed by atoms with Crippen molar-refractivity contribution < 1.29 is 13.9 Å². The number of aromatic nitrogens is 2. The Morgan fingerprint density at radius 1 is 1.27 bits per heavy atom. The van der Waals surface area contributed by atoms with E-state index in [2.05, 4.69) is 20.6 Å². The molecule has 0 unspecified atom stereocenters. The topological polar surface area (TPSA) is 79.4 Å². The number of likely N-dealkylation sites (tertiary alicyclic amines) is 1. The van der Waals surface area contributed by atoms with E-state index < -0.39 is 5.82 Å². The Morgan fingerprint density at radius 3 is 2.69 bits per heavy atom. The van der Waals surface area contributed by atoms with Crippen LogP contribution in [-0.2, 0) is 4.74 Å². The number of amides is 1. The molecule has 1 saturated heterocycles. The van der Waals surface area contributed by atoms with E-state index in [9.17, 15) is 9.18 Å². The number of rotatable bonds is 4. The number of piperidine rings is 1. The van der Waals surface area contributed by atoms with Gasteiger partial charge in [0.1, 0.15) is 23.8 Å². The number of benzene rings is 1. The lowest BCUT2D eigenvalue weighted by Crippen LogP contribution is -2.42. The van der Waals surface area contributed by atoms with Crippen LogP contribution in [0, 0.1) is 5.82 Å². The van der Waals surface area contributed by atoms with Crippen molar-refractivity contribution in [2.45, 2.75) is 18.9 Å². The van der Waals surface area contributed by atoms with E-state index in [4.69, 9.17) is 16.3 Å². The van der Waals surface area contributed by atoms with Crippen molar-refractivity contribution in [2.75, 3.05) is 30.8 Å². The van der Waals surface area contributed by atoms with Gasteiger partial charge in [0, 0.05) is 30.9 Å². The molecule has 0 aliphatic carbocycles. The third kappa shape index (κ3) is 4.51. The van der Waals surface area contributed by atoms with Crippen LogP contribution in [0.1, 0.15) is 12.8 Å². The molecule has 9 heteroatoms. The van der Waals surface area contributed by atoms with E-state index in [1.54, 1.807) is 17.0 Å². The van der Waals surface area contributed by atoms with Gasteiger partial charge in [-0.3, -0.25) is 0 Å². The Hall–Kier alpha value is -2.61. The summed E-state index contributed by atoms with van der Waals surface area (Å²) in [5, 5.41) is 6.46. The van der Waals surface area contributed by atoms with Gasteiger partial charge in [0.05, 0.1) is 12.1 Å². The second kappa shape index (κ2) is 8.18. The molecule has 1 fully saturated rings. The maximum absolute atomic E-state index is 13.2. The van der Waals surface area contributed by atoms with Crippen LogP contribution < -0.4 is 10.6 Å². The number of hydrogen-bond donors (Lipinski definition) is 2. The molecule has 0 radical (unpaired) electrons. The molecule has 138 valence electrons. The number of nitrogens with one attached hydrogen (secondary N) is 2. The van der Waals surface area contributed by atoms with Gasteiger partial charge < -0.3 is 20.3 Å². The summed E-state index contributed by atoms with van der Waals surface area (Å²) in [7, 11) is 1.39. The minimum Gasteiger partial charge on any atom is -0.453 e. The van der Waals surface area contributed by atoms with Crippen molar-refractivity contribution in [3.63, 3.8) is 0 Å². The first-order chi connectivity index (χ1) is 12.5. The van der Waals surface area contributed by atoms with E-state index in [1.165, 1.54) is 25.6 Å². The zero-order valence-corrected chi connectivity index (χ0v) is 15.0. The van der Waals surface area contributed by atoms with Gasteiger partial charge in [-0.2, -0.15) is 0 Å². The highest BCUT2D eigenvalue weighted by molar-refractivity contribution is 6.31. The molecule has 26 heavy (non-hydrogen) atoms. The van der Waals surface area contributed by atoms with E-state index in [1.807, 2.05) is 0 Å². The largest absolute Gasteiger partial charge is 0.453 e. The van der Waals surface area contributed by atoms with Crippen molar-refractivity contribution in [1.29, 1.82) is 0 Å². The molecule has 0 atom stereocenters. The summed E-state index contributed by atoms with van der Waals surface area (Å²) in [6, 6.07) is 6.34. The number of anilines is 3.